The molecule has 1 unspecified atom stereocenters. The quantitative estimate of drug-likeness (QED) is 0.840. The summed E-state index contributed by atoms with van der Waals surface area (Å²) in [7, 11) is 1.57. The van der Waals surface area contributed by atoms with E-state index in [-0.39, 0.29) is 11.9 Å². The molecule has 0 aliphatic carbocycles. The van der Waals surface area contributed by atoms with E-state index in [4.69, 9.17) is 9.47 Å². The number of hydrogen-bond donors (Lipinski definition) is 0. The van der Waals surface area contributed by atoms with Crippen molar-refractivity contribution in [3.8, 4) is 11.6 Å². The van der Waals surface area contributed by atoms with Gasteiger partial charge in [0, 0.05) is 17.8 Å². The maximum Gasteiger partial charge on any atom is 0.212 e. The number of hydrogen-bond acceptors (Lipinski definition) is 4. The Morgan fingerprint density at radius 2 is 2.15 bits per heavy atom. The Bertz CT molecular complexity index is 649. The Balaban J connectivity index is 1.90. The van der Waals surface area contributed by atoms with Crippen LogP contribution in [0.5, 0.6) is 11.6 Å². The average molecular weight is 269 g/mol. The lowest BCUT2D eigenvalue weighted by Gasteiger charge is -2.25. The molecule has 0 radical (unpaired) electrons. The number of nitrogens with zero attached hydrogens (tertiary/aromatic N) is 1. The van der Waals surface area contributed by atoms with Crippen LogP contribution in [0.4, 0.5) is 0 Å². The summed E-state index contributed by atoms with van der Waals surface area (Å²) in [5, 5.41) is 0. The van der Waals surface area contributed by atoms with E-state index in [2.05, 4.69) is 4.98 Å². The molecule has 0 saturated heterocycles. The van der Waals surface area contributed by atoms with E-state index in [1.807, 2.05) is 31.2 Å². The van der Waals surface area contributed by atoms with Crippen molar-refractivity contribution in [3.05, 3.63) is 53.2 Å². The highest BCUT2D eigenvalue weighted by Crippen LogP contribution is 2.35. The van der Waals surface area contributed by atoms with Crippen LogP contribution in [-0.4, -0.2) is 17.9 Å². The van der Waals surface area contributed by atoms with Gasteiger partial charge in [-0.05, 0) is 25.1 Å². The number of pyridine rings is 1. The summed E-state index contributed by atoms with van der Waals surface area (Å²) in [5.41, 5.74) is 2.61. The summed E-state index contributed by atoms with van der Waals surface area (Å²) in [6.07, 6.45) is 1.75. The molecule has 0 saturated carbocycles. The van der Waals surface area contributed by atoms with Crippen molar-refractivity contribution < 1.29 is 14.3 Å². The summed E-state index contributed by atoms with van der Waals surface area (Å²) in [6.45, 7) is 1.97. The molecule has 102 valence electrons. The smallest absolute Gasteiger partial charge is 0.212 e. The molecule has 0 amide bonds. The number of aryl methyl sites for hydroxylation is 1. The monoisotopic (exact) mass is 269 g/mol. The zero-order valence-corrected chi connectivity index (χ0v) is 11.4. The molecular weight excluding hydrogens is 254 g/mol. The number of ketones is 1. The third-order valence-electron chi connectivity index (χ3n) is 3.42. The normalized spacial score (nSPS) is 17.3. The molecule has 1 aliphatic heterocycles. The number of fused-ring (bicyclic) bond motifs is 1. The van der Waals surface area contributed by atoms with E-state index in [0.717, 1.165) is 11.1 Å². The first-order chi connectivity index (χ1) is 9.67. The highest BCUT2D eigenvalue weighted by Gasteiger charge is 2.27. The maximum atomic E-state index is 12.2. The molecule has 1 aromatic heterocycles. The Morgan fingerprint density at radius 3 is 2.85 bits per heavy atom. The Kier molecular flexibility index (Phi) is 3.14. The number of carbonyl (C=O) groups is 1. The van der Waals surface area contributed by atoms with Crippen molar-refractivity contribution in [1.29, 1.82) is 0 Å². The summed E-state index contributed by atoms with van der Waals surface area (Å²) in [5.74, 6) is 1.30. The molecule has 2 aromatic rings. The average Bonchev–Trinajstić information content (AvgIpc) is 2.48. The fourth-order valence-corrected chi connectivity index (χ4v) is 2.33. The molecular formula is C16H15NO3. The van der Waals surface area contributed by atoms with Gasteiger partial charge in [0.1, 0.15) is 11.9 Å². The minimum absolute atomic E-state index is 0.107. The predicted octanol–water partition coefficient (Wildman–Crippen LogP) is 3.11. The second-order valence-corrected chi connectivity index (χ2v) is 4.87. The second-order valence-electron chi connectivity index (χ2n) is 4.87. The van der Waals surface area contributed by atoms with Gasteiger partial charge < -0.3 is 9.47 Å². The Hall–Kier alpha value is -2.36. The SMILES string of the molecule is COc1ccc(C2CC(=O)c3cc(C)ccc3O2)cn1. The van der Waals surface area contributed by atoms with Gasteiger partial charge in [-0.1, -0.05) is 11.6 Å². The highest BCUT2D eigenvalue weighted by atomic mass is 16.5. The van der Waals surface area contributed by atoms with Gasteiger partial charge in [0.25, 0.3) is 0 Å². The van der Waals surface area contributed by atoms with Gasteiger partial charge in [0.2, 0.25) is 5.88 Å². The van der Waals surface area contributed by atoms with Gasteiger partial charge >= 0.3 is 0 Å². The van der Waals surface area contributed by atoms with E-state index in [1.165, 1.54) is 0 Å². The first-order valence-corrected chi connectivity index (χ1v) is 6.48. The summed E-state index contributed by atoms with van der Waals surface area (Å²) < 4.78 is 10.9. The third-order valence-corrected chi connectivity index (χ3v) is 3.42. The maximum absolute atomic E-state index is 12.2. The van der Waals surface area contributed by atoms with Crippen LogP contribution in [0.1, 0.15) is 34.0 Å². The molecule has 1 aliphatic rings. The number of aromatic nitrogens is 1. The van der Waals surface area contributed by atoms with Gasteiger partial charge in [-0.25, -0.2) is 4.98 Å². The van der Waals surface area contributed by atoms with E-state index < -0.39 is 0 Å². The molecule has 0 bridgehead atoms. The van der Waals surface area contributed by atoms with Crippen LogP contribution in [0, 0.1) is 6.92 Å². The largest absolute Gasteiger partial charge is 0.484 e. The molecule has 20 heavy (non-hydrogen) atoms. The molecule has 4 heteroatoms. The molecule has 1 atom stereocenters. The van der Waals surface area contributed by atoms with Crippen LogP contribution in [0.2, 0.25) is 0 Å². The van der Waals surface area contributed by atoms with Crippen LogP contribution in [-0.2, 0) is 0 Å². The Morgan fingerprint density at radius 1 is 1.30 bits per heavy atom. The van der Waals surface area contributed by atoms with Crippen LogP contribution in [0.3, 0.4) is 0 Å². The van der Waals surface area contributed by atoms with Gasteiger partial charge in [-0.15, -0.1) is 0 Å². The van der Waals surface area contributed by atoms with Crippen LogP contribution in [0.25, 0.3) is 0 Å². The molecule has 0 fully saturated rings. The number of carbonyl (C=O) groups excluding carboxylic acids is 1. The van der Waals surface area contributed by atoms with Crippen molar-refractivity contribution >= 4 is 5.78 Å². The summed E-state index contributed by atoms with van der Waals surface area (Å²) >= 11 is 0. The number of ether oxygens (including phenoxy) is 2. The van der Waals surface area contributed by atoms with Crippen molar-refractivity contribution in [2.24, 2.45) is 0 Å². The van der Waals surface area contributed by atoms with E-state index in [9.17, 15) is 4.79 Å². The molecule has 4 nitrogen and oxygen atoms in total. The van der Waals surface area contributed by atoms with E-state index in [1.54, 1.807) is 19.4 Å². The van der Waals surface area contributed by atoms with Gasteiger partial charge in [0.15, 0.2) is 5.78 Å². The lowest BCUT2D eigenvalue weighted by molar-refractivity contribution is 0.0849. The molecule has 3 rings (SSSR count). The van der Waals surface area contributed by atoms with Crippen LogP contribution >= 0.6 is 0 Å². The minimum Gasteiger partial charge on any atom is -0.484 e. The molecule has 1 aromatic carbocycles. The van der Waals surface area contributed by atoms with Crippen LogP contribution in [0.15, 0.2) is 36.5 Å². The van der Waals surface area contributed by atoms with Gasteiger partial charge in [0.05, 0.1) is 19.1 Å². The number of Topliss-reactive ketones (excluding diaryl/α,β-unsaturated/α-hetero) is 1. The number of rotatable bonds is 2. The van der Waals surface area contributed by atoms with Crippen molar-refractivity contribution in [1.82, 2.24) is 4.98 Å². The second kappa shape index (κ2) is 4.96. The van der Waals surface area contributed by atoms with Gasteiger partial charge in [-0.2, -0.15) is 0 Å². The standard InChI is InChI=1S/C16H15NO3/c1-10-3-5-14-12(7-10)13(18)8-15(20-14)11-4-6-16(19-2)17-9-11/h3-7,9,15H,8H2,1-2H3. The summed E-state index contributed by atoms with van der Waals surface area (Å²) in [4.78, 5) is 16.4. The fraction of sp³-hybridized carbons (Fsp3) is 0.250. The van der Waals surface area contributed by atoms with E-state index >= 15 is 0 Å². The Labute approximate surface area is 117 Å². The lowest BCUT2D eigenvalue weighted by atomic mass is 9.96. The zero-order valence-electron chi connectivity index (χ0n) is 11.4. The van der Waals surface area contributed by atoms with Crippen molar-refractivity contribution in [3.63, 3.8) is 0 Å². The topological polar surface area (TPSA) is 48.4 Å². The first kappa shape index (κ1) is 12.7. The lowest BCUT2D eigenvalue weighted by Crippen LogP contribution is -2.20. The van der Waals surface area contributed by atoms with Crippen LogP contribution < -0.4 is 9.47 Å². The zero-order chi connectivity index (χ0) is 14.1. The highest BCUT2D eigenvalue weighted by molar-refractivity contribution is 6.00. The van der Waals surface area contributed by atoms with Crippen molar-refractivity contribution in [2.45, 2.75) is 19.4 Å². The number of benzene rings is 1. The van der Waals surface area contributed by atoms with E-state index in [0.29, 0.717) is 23.6 Å². The van der Waals surface area contributed by atoms with Gasteiger partial charge in [-0.3, -0.25) is 4.79 Å². The third kappa shape index (κ3) is 2.25. The predicted molar refractivity (Wildman–Crippen MR) is 74.3 cm³/mol. The number of methoxy groups -OCH3 is 1. The fourth-order valence-electron chi connectivity index (χ4n) is 2.33. The van der Waals surface area contributed by atoms with Crippen molar-refractivity contribution in [2.75, 3.05) is 7.11 Å². The molecule has 0 spiro atoms. The molecule has 2 heterocycles. The molecule has 0 N–H and O–H groups in total. The first-order valence-electron chi connectivity index (χ1n) is 6.48. The minimum atomic E-state index is -0.281. The summed E-state index contributed by atoms with van der Waals surface area (Å²) in [6, 6.07) is 9.32.